The second-order valence-electron chi connectivity index (χ2n) is 4.60. The monoisotopic (exact) mass is 287 g/mol. The molecule has 5 nitrogen and oxygen atoms in total. The van der Waals surface area contributed by atoms with Crippen LogP contribution in [0.1, 0.15) is 5.56 Å². The molecule has 0 spiro atoms. The fourth-order valence-corrected chi connectivity index (χ4v) is 2.36. The van der Waals surface area contributed by atoms with Crippen LogP contribution >= 0.6 is 11.6 Å². The topological polar surface area (TPSA) is 61.7 Å². The smallest absolute Gasteiger partial charge is 0.133 e. The third-order valence-corrected chi connectivity index (χ3v) is 3.32. The fraction of sp³-hybridized carbons (Fsp3) is 0.143. The van der Waals surface area contributed by atoms with Gasteiger partial charge in [0.05, 0.1) is 17.9 Å². The molecular formula is C14H14ClN5. The third kappa shape index (κ3) is 2.40. The van der Waals surface area contributed by atoms with Gasteiger partial charge < -0.3 is 5.73 Å². The van der Waals surface area contributed by atoms with Crippen molar-refractivity contribution < 1.29 is 0 Å². The molecule has 20 heavy (non-hydrogen) atoms. The Morgan fingerprint density at radius 2 is 2.15 bits per heavy atom. The lowest BCUT2D eigenvalue weighted by Crippen LogP contribution is -2.01. The first-order valence-electron chi connectivity index (χ1n) is 6.19. The molecule has 0 saturated heterocycles. The van der Waals surface area contributed by atoms with Gasteiger partial charge in [-0.15, -0.1) is 0 Å². The summed E-state index contributed by atoms with van der Waals surface area (Å²) in [4.78, 5) is 0. The van der Waals surface area contributed by atoms with Gasteiger partial charge >= 0.3 is 0 Å². The first-order chi connectivity index (χ1) is 9.63. The molecule has 0 aliphatic heterocycles. The summed E-state index contributed by atoms with van der Waals surface area (Å²) < 4.78 is 3.56. The molecule has 0 aliphatic rings. The summed E-state index contributed by atoms with van der Waals surface area (Å²) in [7, 11) is 1.87. The maximum atomic E-state index is 6.03. The van der Waals surface area contributed by atoms with Crippen molar-refractivity contribution in [1.82, 2.24) is 19.6 Å². The molecule has 3 aromatic rings. The van der Waals surface area contributed by atoms with E-state index in [9.17, 15) is 0 Å². The van der Waals surface area contributed by atoms with Gasteiger partial charge in [0.15, 0.2) is 0 Å². The van der Waals surface area contributed by atoms with E-state index in [4.69, 9.17) is 17.3 Å². The van der Waals surface area contributed by atoms with E-state index >= 15 is 0 Å². The largest absolute Gasteiger partial charge is 0.396 e. The van der Waals surface area contributed by atoms with E-state index in [2.05, 4.69) is 10.2 Å². The van der Waals surface area contributed by atoms with Crippen LogP contribution in [0.25, 0.3) is 11.4 Å². The number of rotatable bonds is 3. The van der Waals surface area contributed by atoms with E-state index in [0.29, 0.717) is 12.2 Å². The van der Waals surface area contributed by atoms with Gasteiger partial charge in [-0.25, -0.2) is 0 Å². The third-order valence-electron chi connectivity index (χ3n) is 3.09. The van der Waals surface area contributed by atoms with Crippen molar-refractivity contribution in [2.75, 3.05) is 5.73 Å². The first-order valence-corrected chi connectivity index (χ1v) is 6.57. The molecule has 6 heteroatoms. The lowest BCUT2D eigenvalue weighted by Gasteiger charge is -2.02. The van der Waals surface area contributed by atoms with Gasteiger partial charge in [-0.3, -0.25) is 9.36 Å². The van der Waals surface area contributed by atoms with Gasteiger partial charge in [-0.1, -0.05) is 23.7 Å². The predicted molar refractivity (Wildman–Crippen MR) is 79.4 cm³/mol. The second-order valence-corrected chi connectivity index (χ2v) is 5.04. The second kappa shape index (κ2) is 5.02. The average molecular weight is 288 g/mol. The quantitative estimate of drug-likeness (QED) is 0.805. The number of hydrogen-bond acceptors (Lipinski definition) is 3. The van der Waals surface area contributed by atoms with Crippen LogP contribution in [0.5, 0.6) is 0 Å². The zero-order valence-electron chi connectivity index (χ0n) is 11.0. The normalized spacial score (nSPS) is 10.9. The summed E-state index contributed by atoms with van der Waals surface area (Å²) >= 11 is 5.98. The van der Waals surface area contributed by atoms with E-state index in [-0.39, 0.29) is 0 Å². The van der Waals surface area contributed by atoms with E-state index in [1.807, 2.05) is 48.3 Å². The Kier molecular flexibility index (Phi) is 3.20. The number of aromatic nitrogens is 4. The van der Waals surface area contributed by atoms with E-state index in [1.165, 1.54) is 0 Å². The van der Waals surface area contributed by atoms with Crippen LogP contribution in [0.4, 0.5) is 5.69 Å². The number of halogens is 1. The van der Waals surface area contributed by atoms with Crippen LogP contribution in [0.15, 0.2) is 42.7 Å². The number of nitrogens with two attached hydrogens (primary N) is 1. The van der Waals surface area contributed by atoms with Crippen LogP contribution < -0.4 is 5.73 Å². The minimum Gasteiger partial charge on any atom is -0.396 e. The molecule has 0 amide bonds. The van der Waals surface area contributed by atoms with Crippen LogP contribution in [0, 0.1) is 0 Å². The van der Waals surface area contributed by atoms with E-state index < -0.39 is 0 Å². The Labute approximate surface area is 121 Å². The maximum Gasteiger partial charge on any atom is 0.133 e. The zero-order chi connectivity index (χ0) is 14.1. The van der Waals surface area contributed by atoms with Crippen LogP contribution in [-0.2, 0) is 13.6 Å². The van der Waals surface area contributed by atoms with E-state index in [1.54, 1.807) is 10.9 Å². The number of benzene rings is 1. The molecular weight excluding hydrogens is 274 g/mol. The lowest BCUT2D eigenvalue weighted by atomic mass is 10.2. The van der Waals surface area contributed by atoms with Crippen molar-refractivity contribution in [3.05, 3.63) is 53.3 Å². The molecule has 102 valence electrons. The van der Waals surface area contributed by atoms with Crippen molar-refractivity contribution in [2.45, 2.75) is 6.54 Å². The molecule has 1 aromatic carbocycles. The summed E-state index contributed by atoms with van der Waals surface area (Å²) in [6.45, 7) is 0.628. The maximum absolute atomic E-state index is 6.03. The molecule has 0 saturated carbocycles. The van der Waals surface area contributed by atoms with Gasteiger partial charge in [0, 0.05) is 24.5 Å². The number of nitrogen functional groups attached to an aromatic ring is 1. The summed E-state index contributed by atoms with van der Waals surface area (Å²) in [5, 5.41) is 9.38. The Balaban J connectivity index is 1.91. The lowest BCUT2D eigenvalue weighted by molar-refractivity contribution is 0.685. The predicted octanol–water partition coefficient (Wildman–Crippen LogP) is 2.57. The molecule has 0 atom stereocenters. The highest BCUT2D eigenvalue weighted by atomic mass is 35.5. The highest BCUT2D eigenvalue weighted by Gasteiger charge is 2.12. The number of aryl methyl sites for hydroxylation is 1. The Morgan fingerprint density at radius 3 is 2.85 bits per heavy atom. The summed E-state index contributed by atoms with van der Waals surface area (Å²) in [6.07, 6.45) is 3.55. The van der Waals surface area contributed by atoms with Gasteiger partial charge in [-0.2, -0.15) is 10.2 Å². The molecule has 0 unspecified atom stereocenters. The van der Waals surface area contributed by atoms with Crippen molar-refractivity contribution >= 4 is 17.3 Å². The average Bonchev–Trinajstić information content (AvgIpc) is 2.95. The molecule has 2 aromatic heterocycles. The minimum absolute atomic E-state index is 0.628. The highest BCUT2D eigenvalue weighted by molar-refractivity contribution is 6.30. The SMILES string of the molecule is Cn1nccc1-c1nn(Cc2cccc(Cl)c2)cc1N. The zero-order valence-corrected chi connectivity index (χ0v) is 11.7. The van der Waals surface area contributed by atoms with Crippen LogP contribution in [0.3, 0.4) is 0 Å². The van der Waals surface area contributed by atoms with Gasteiger partial charge in [-0.05, 0) is 23.8 Å². The van der Waals surface area contributed by atoms with Gasteiger partial charge in [0.2, 0.25) is 0 Å². The number of nitrogens with zero attached hydrogens (tertiary/aromatic N) is 4. The standard InChI is InChI=1S/C14H14ClN5/c1-19-13(5-6-17-19)14-12(16)9-20(18-14)8-10-3-2-4-11(15)7-10/h2-7,9H,8,16H2,1H3. The first kappa shape index (κ1) is 12.7. The highest BCUT2D eigenvalue weighted by Crippen LogP contribution is 2.23. The number of anilines is 1. The Bertz CT molecular complexity index is 744. The van der Waals surface area contributed by atoms with Crippen molar-refractivity contribution in [1.29, 1.82) is 0 Å². The Hall–Kier alpha value is -2.27. The molecule has 0 fully saturated rings. The summed E-state index contributed by atoms with van der Waals surface area (Å²) in [5.74, 6) is 0. The van der Waals surface area contributed by atoms with Crippen LogP contribution in [0.2, 0.25) is 5.02 Å². The van der Waals surface area contributed by atoms with E-state index in [0.717, 1.165) is 22.0 Å². The van der Waals surface area contributed by atoms with Crippen molar-refractivity contribution in [2.24, 2.45) is 7.05 Å². The molecule has 2 N–H and O–H groups in total. The van der Waals surface area contributed by atoms with Crippen molar-refractivity contribution in [3.8, 4) is 11.4 Å². The molecule has 2 heterocycles. The van der Waals surface area contributed by atoms with Crippen molar-refractivity contribution in [3.63, 3.8) is 0 Å². The Morgan fingerprint density at radius 1 is 1.30 bits per heavy atom. The molecule has 0 bridgehead atoms. The fourth-order valence-electron chi connectivity index (χ4n) is 2.15. The number of hydrogen-bond donors (Lipinski definition) is 1. The van der Waals surface area contributed by atoms with Gasteiger partial charge in [0.1, 0.15) is 5.69 Å². The minimum atomic E-state index is 0.628. The molecule has 3 rings (SSSR count). The molecule has 0 aliphatic carbocycles. The summed E-state index contributed by atoms with van der Waals surface area (Å²) in [6, 6.07) is 9.59. The van der Waals surface area contributed by atoms with Gasteiger partial charge in [0.25, 0.3) is 0 Å². The summed E-state index contributed by atoms with van der Waals surface area (Å²) in [5.41, 5.74) is 9.39. The van der Waals surface area contributed by atoms with Crippen LogP contribution in [-0.4, -0.2) is 19.6 Å². The molecule has 0 radical (unpaired) electrons.